The first-order chi connectivity index (χ1) is 11.1. The van der Waals surface area contributed by atoms with Crippen molar-refractivity contribution < 1.29 is 4.79 Å². The molecule has 3 aromatic rings. The molecule has 116 valence electrons. The second-order valence-electron chi connectivity index (χ2n) is 5.60. The molecular formula is C19H18N2O2. The standard InChI is InChI=1S/C19H18N2O2/c1-13-7-6-8-15-11-16(19(23)20-18(13)15)12-21(14(2)22)17-9-4-3-5-10-17/h3-11H,12H2,1-2H3,(H,20,23). The summed E-state index contributed by atoms with van der Waals surface area (Å²) in [6, 6.07) is 17.1. The minimum absolute atomic E-state index is 0.0973. The van der Waals surface area contributed by atoms with E-state index in [1.165, 1.54) is 6.92 Å². The molecule has 3 rings (SSSR count). The maximum absolute atomic E-state index is 12.4. The number of amides is 1. The average molecular weight is 306 g/mol. The van der Waals surface area contributed by atoms with Gasteiger partial charge in [-0.15, -0.1) is 0 Å². The van der Waals surface area contributed by atoms with Gasteiger partial charge < -0.3 is 9.88 Å². The molecule has 1 N–H and O–H groups in total. The fourth-order valence-electron chi connectivity index (χ4n) is 2.71. The molecule has 0 saturated heterocycles. The predicted molar refractivity (Wildman–Crippen MR) is 92.6 cm³/mol. The highest BCUT2D eigenvalue weighted by Crippen LogP contribution is 2.19. The van der Waals surface area contributed by atoms with Gasteiger partial charge in [0.1, 0.15) is 0 Å². The normalized spacial score (nSPS) is 10.7. The van der Waals surface area contributed by atoms with Crippen molar-refractivity contribution in [2.75, 3.05) is 4.90 Å². The first-order valence-corrected chi connectivity index (χ1v) is 7.51. The molecule has 23 heavy (non-hydrogen) atoms. The van der Waals surface area contributed by atoms with E-state index in [9.17, 15) is 9.59 Å². The van der Waals surface area contributed by atoms with Crippen LogP contribution in [0.2, 0.25) is 0 Å². The van der Waals surface area contributed by atoms with Crippen LogP contribution in [0, 0.1) is 6.92 Å². The SMILES string of the molecule is CC(=O)N(Cc1cc2cccc(C)c2[nH]c1=O)c1ccccc1. The van der Waals surface area contributed by atoms with Gasteiger partial charge in [-0.25, -0.2) is 0 Å². The van der Waals surface area contributed by atoms with Crippen LogP contribution in [-0.4, -0.2) is 10.9 Å². The lowest BCUT2D eigenvalue weighted by atomic mass is 10.1. The monoisotopic (exact) mass is 306 g/mol. The molecule has 0 fully saturated rings. The summed E-state index contributed by atoms with van der Waals surface area (Å²) in [5.74, 6) is -0.0973. The van der Waals surface area contributed by atoms with Crippen molar-refractivity contribution in [1.29, 1.82) is 0 Å². The highest BCUT2D eigenvalue weighted by molar-refractivity contribution is 5.91. The van der Waals surface area contributed by atoms with Gasteiger partial charge in [-0.05, 0) is 36.1 Å². The van der Waals surface area contributed by atoms with Gasteiger partial charge in [-0.2, -0.15) is 0 Å². The Hall–Kier alpha value is -2.88. The van der Waals surface area contributed by atoms with E-state index in [1.807, 2.05) is 61.5 Å². The lowest BCUT2D eigenvalue weighted by Gasteiger charge is -2.21. The third-order valence-corrected chi connectivity index (χ3v) is 3.94. The number of H-pyrrole nitrogens is 1. The van der Waals surface area contributed by atoms with E-state index in [2.05, 4.69) is 4.98 Å². The number of carbonyl (C=O) groups excluding carboxylic acids is 1. The summed E-state index contributed by atoms with van der Waals surface area (Å²) in [6.07, 6.45) is 0. The van der Waals surface area contributed by atoms with Crippen LogP contribution in [0.25, 0.3) is 10.9 Å². The molecule has 0 bridgehead atoms. The summed E-state index contributed by atoms with van der Waals surface area (Å²) in [7, 11) is 0. The molecule has 0 saturated carbocycles. The molecule has 0 spiro atoms. The maximum atomic E-state index is 12.4. The summed E-state index contributed by atoms with van der Waals surface area (Å²) in [6.45, 7) is 3.72. The van der Waals surface area contributed by atoms with Crippen LogP contribution < -0.4 is 10.5 Å². The van der Waals surface area contributed by atoms with Crippen molar-refractivity contribution in [3.05, 3.63) is 76.1 Å². The number of hydrogen-bond donors (Lipinski definition) is 1. The molecule has 0 aliphatic heterocycles. The maximum Gasteiger partial charge on any atom is 0.253 e. The van der Waals surface area contributed by atoms with Crippen LogP contribution in [0.5, 0.6) is 0 Å². The Bertz CT molecular complexity index is 914. The number of carbonyl (C=O) groups is 1. The second-order valence-corrected chi connectivity index (χ2v) is 5.60. The molecule has 4 nitrogen and oxygen atoms in total. The van der Waals surface area contributed by atoms with Crippen molar-refractivity contribution in [1.82, 2.24) is 4.98 Å². The number of rotatable bonds is 3. The Morgan fingerprint density at radius 2 is 1.83 bits per heavy atom. The van der Waals surface area contributed by atoms with Gasteiger partial charge in [-0.3, -0.25) is 9.59 Å². The van der Waals surface area contributed by atoms with Crippen molar-refractivity contribution in [2.45, 2.75) is 20.4 Å². The molecule has 0 aliphatic rings. The average Bonchev–Trinajstić information content (AvgIpc) is 2.54. The van der Waals surface area contributed by atoms with E-state index in [-0.39, 0.29) is 18.0 Å². The molecule has 4 heteroatoms. The van der Waals surface area contributed by atoms with Gasteiger partial charge in [0.25, 0.3) is 5.56 Å². The Labute approximate surface area is 134 Å². The lowest BCUT2D eigenvalue weighted by Crippen LogP contribution is -2.30. The van der Waals surface area contributed by atoms with E-state index in [1.54, 1.807) is 4.90 Å². The highest BCUT2D eigenvalue weighted by atomic mass is 16.2. The van der Waals surface area contributed by atoms with Crippen LogP contribution in [0.3, 0.4) is 0 Å². The second kappa shape index (κ2) is 6.08. The minimum Gasteiger partial charge on any atom is -0.321 e. The molecule has 0 unspecified atom stereocenters. The molecule has 1 amide bonds. The number of fused-ring (bicyclic) bond motifs is 1. The quantitative estimate of drug-likeness (QED) is 0.806. The summed E-state index contributed by atoms with van der Waals surface area (Å²) in [5.41, 5.74) is 3.06. The number of anilines is 1. The smallest absolute Gasteiger partial charge is 0.253 e. The van der Waals surface area contributed by atoms with Gasteiger partial charge in [0.2, 0.25) is 5.91 Å². The summed E-state index contributed by atoms with van der Waals surface area (Å²) < 4.78 is 0. The summed E-state index contributed by atoms with van der Waals surface area (Å²) in [4.78, 5) is 28.9. The molecular weight excluding hydrogens is 288 g/mol. The number of aromatic amines is 1. The molecule has 1 aromatic heterocycles. The summed E-state index contributed by atoms with van der Waals surface area (Å²) in [5, 5.41) is 0.969. The third kappa shape index (κ3) is 3.01. The Balaban J connectivity index is 2.04. The minimum atomic E-state index is -0.158. The van der Waals surface area contributed by atoms with Gasteiger partial charge in [0.15, 0.2) is 0 Å². The van der Waals surface area contributed by atoms with E-state index in [0.717, 1.165) is 22.2 Å². The van der Waals surface area contributed by atoms with Crippen LogP contribution in [-0.2, 0) is 11.3 Å². The van der Waals surface area contributed by atoms with Crippen molar-refractivity contribution in [3.63, 3.8) is 0 Å². The van der Waals surface area contributed by atoms with Crippen LogP contribution >= 0.6 is 0 Å². The topological polar surface area (TPSA) is 53.2 Å². The number of aryl methyl sites for hydroxylation is 1. The highest BCUT2D eigenvalue weighted by Gasteiger charge is 2.14. The number of aromatic nitrogens is 1. The van der Waals surface area contributed by atoms with Gasteiger partial charge >= 0.3 is 0 Å². The number of benzene rings is 2. The lowest BCUT2D eigenvalue weighted by molar-refractivity contribution is -0.116. The van der Waals surface area contributed by atoms with E-state index < -0.39 is 0 Å². The Kier molecular flexibility index (Phi) is 3.98. The van der Waals surface area contributed by atoms with Gasteiger partial charge in [0, 0.05) is 18.2 Å². The molecule has 1 heterocycles. The Morgan fingerprint density at radius 1 is 1.09 bits per heavy atom. The van der Waals surface area contributed by atoms with Gasteiger partial charge in [-0.1, -0.05) is 36.4 Å². The molecule has 0 radical (unpaired) electrons. The Morgan fingerprint density at radius 3 is 2.52 bits per heavy atom. The van der Waals surface area contributed by atoms with E-state index in [4.69, 9.17) is 0 Å². The van der Waals surface area contributed by atoms with E-state index >= 15 is 0 Å². The van der Waals surface area contributed by atoms with Crippen LogP contribution in [0.1, 0.15) is 18.1 Å². The molecule has 0 aliphatic carbocycles. The first kappa shape index (κ1) is 15.0. The molecule has 0 atom stereocenters. The number of nitrogens with zero attached hydrogens (tertiary/aromatic N) is 1. The fourth-order valence-corrected chi connectivity index (χ4v) is 2.71. The zero-order chi connectivity index (χ0) is 16.4. The first-order valence-electron chi connectivity index (χ1n) is 7.51. The number of para-hydroxylation sites is 2. The zero-order valence-corrected chi connectivity index (χ0v) is 13.2. The van der Waals surface area contributed by atoms with Crippen LogP contribution in [0.4, 0.5) is 5.69 Å². The van der Waals surface area contributed by atoms with Crippen molar-refractivity contribution >= 4 is 22.5 Å². The van der Waals surface area contributed by atoms with Crippen molar-refractivity contribution in [3.8, 4) is 0 Å². The third-order valence-electron chi connectivity index (χ3n) is 3.94. The fraction of sp³-hybridized carbons (Fsp3) is 0.158. The summed E-state index contributed by atoms with van der Waals surface area (Å²) >= 11 is 0. The number of pyridine rings is 1. The zero-order valence-electron chi connectivity index (χ0n) is 13.2. The predicted octanol–water partition coefficient (Wildman–Crippen LogP) is 3.39. The van der Waals surface area contributed by atoms with Crippen LogP contribution in [0.15, 0.2) is 59.4 Å². The van der Waals surface area contributed by atoms with Crippen molar-refractivity contribution in [2.24, 2.45) is 0 Å². The van der Waals surface area contributed by atoms with Gasteiger partial charge in [0.05, 0.1) is 12.1 Å². The molecule has 2 aromatic carbocycles. The number of nitrogens with one attached hydrogen (secondary N) is 1. The largest absolute Gasteiger partial charge is 0.321 e. The number of hydrogen-bond acceptors (Lipinski definition) is 2. The van der Waals surface area contributed by atoms with E-state index in [0.29, 0.717) is 5.56 Å².